The minimum atomic E-state index is -2.04. The standard InChI is InChI=1S/C24H27Cl3N2O4/c1-3-12-29(2)14-20-13-21(17-6-4-16(15-30)5-7-17)33-22(32-20)18-8-10-19(11-9-18)28-23(31)24(25,26)27/h3-11,20-22,30H,1,12-15H2,2H3,(H,28,31). The number of anilines is 1. The van der Waals surface area contributed by atoms with Gasteiger partial charge in [-0.15, -0.1) is 6.58 Å². The predicted octanol–water partition coefficient (Wildman–Crippen LogP) is 5.15. The summed E-state index contributed by atoms with van der Waals surface area (Å²) in [7, 11) is 2.02. The number of ether oxygens (including phenoxy) is 2. The molecule has 1 amide bonds. The summed E-state index contributed by atoms with van der Waals surface area (Å²) in [5, 5.41) is 11.9. The molecule has 1 aliphatic heterocycles. The number of nitrogens with zero attached hydrogens (tertiary/aromatic N) is 1. The summed E-state index contributed by atoms with van der Waals surface area (Å²) >= 11 is 16.8. The second-order valence-corrected chi connectivity index (χ2v) is 10.2. The molecule has 3 rings (SSSR count). The van der Waals surface area contributed by atoms with Crippen molar-refractivity contribution in [2.24, 2.45) is 0 Å². The number of benzene rings is 2. The molecule has 3 unspecified atom stereocenters. The zero-order valence-electron chi connectivity index (χ0n) is 18.2. The van der Waals surface area contributed by atoms with E-state index in [0.717, 1.165) is 23.2 Å². The average molecular weight is 514 g/mol. The predicted molar refractivity (Wildman–Crippen MR) is 131 cm³/mol. The van der Waals surface area contributed by atoms with Gasteiger partial charge < -0.3 is 24.8 Å². The van der Waals surface area contributed by atoms with E-state index in [9.17, 15) is 9.90 Å². The minimum absolute atomic E-state index is 0.00627. The number of rotatable bonds is 8. The summed E-state index contributed by atoms with van der Waals surface area (Å²) in [6.45, 7) is 5.26. The largest absolute Gasteiger partial charge is 0.392 e. The van der Waals surface area contributed by atoms with Gasteiger partial charge in [-0.1, -0.05) is 77.3 Å². The second kappa shape index (κ2) is 11.7. The van der Waals surface area contributed by atoms with E-state index in [4.69, 9.17) is 44.3 Å². The Balaban J connectivity index is 1.78. The van der Waals surface area contributed by atoms with Crippen molar-refractivity contribution in [3.8, 4) is 0 Å². The number of hydrogen-bond donors (Lipinski definition) is 2. The third-order valence-electron chi connectivity index (χ3n) is 5.27. The van der Waals surface area contributed by atoms with Crippen LogP contribution in [0.2, 0.25) is 0 Å². The molecule has 0 bridgehead atoms. The van der Waals surface area contributed by atoms with Gasteiger partial charge in [-0.25, -0.2) is 0 Å². The fourth-order valence-corrected chi connectivity index (χ4v) is 3.74. The van der Waals surface area contributed by atoms with Crippen LogP contribution in [0, 0.1) is 0 Å². The number of nitrogens with one attached hydrogen (secondary N) is 1. The van der Waals surface area contributed by atoms with E-state index >= 15 is 0 Å². The molecule has 1 fully saturated rings. The van der Waals surface area contributed by atoms with Crippen LogP contribution in [0.25, 0.3) is 0 Å². The molecule has 6 nitrogen and oxygen atoms in total. The van der Waals surface area contributed by atoms with Gasteiger partial charge in [0.2, 0.25) is 0 Å². The van der Waals surface area contributed by atoms with Gasteiger partial charge in [0, 0.05) is 30.8 Å². The lowest BCUT2D eigenvalue weighted by atomic mass is 9.99. The third-order valence-corrected chi connectivity index (χ3v) is 5.78. The third kappa shape index (κ3) is 7.42. The Bertz CT molecular complexity index is 932. The van der Waals surface area contributed by atoms with Gasteiger partial charge in [-0.3, -0.25) is 4.79 Å². The van der Waals surface area contributed by atoms with Gasteiger partial charge >= 0.3 is 0 Å². The number of halogens is 3. The summed E-state index contributed by atoms with van der Waals surface area (Å²) < 4.78 is 10.5. The van der Waals surface area contributed by atoms with Crippen LogP contribution in [0.4, 0.5) is 5.69 Å². The highest BCUT2D eigenvalue weighted by atomic mass is 35.6. The van der Waals surface area contributed by atoms with E-state index < -0.39 is 16.0 Å². The second-order valence-electron chi connectivity index (χ2n) is 7.93. The van der Waals surface area contributed by atoms with Crippen LogP contribution in [0.1, 0.15) is 35.5 Å². The number of aliphatic hydroxyl groups excluding tert-OH is 1. The summed E-state index contributed by atoms with van der Waals surface area (Å²) in [4.78, 5) is 14.0. The monoisotopic (exact) mass is 512 g/mol. The van der Waals surface area contributed by atoms with Crippen LogP contribution in [0.5, 0.6) is 0 Å². The molecule has 1 aliphatic rings. The van der Waals surface area contributed by atoms with Crippen LogP contribution >= 0.6 is 34.8 Å². The summed E-state index contributed by atoms with van der Waals surface area (Å²) in [6.07, 6.45) is 1.70. The fraction of sp³-hybridized carbons (Fsp3) is 0.375. The van der Waals surface area contributed by atoms with E-state index in [2.05, 4.69) is 16.8 Å². The Labute approximate surface area is 209 Å². The highest BCUT2D eigenvalue weighted by Crippen LogP contribution is 2.38. The molecule has 2 aromatic rings. The van der Waals surface area contributed by atoms with Crippen molar-refractivity contribution >= 4 is 46.4 Å². The number of likely N-dealkylation sites (N-methyl/N-ethyl adjacent to an activating group) is 1. The lowest BCUT2D eigenvalue weighted by molar-refractivity contribution is -0.252. The topological polar surface area (TPSA) is 71.0 Å². The summed E-state index contributed by atoms with van der Waals surface area (Å²) in [6, 6.07) is 14.7. The Morgan fingerprint density at radius 1 is 1.15 bits per heavy atom. The Hall–Kier alpha value is -1.64. The van der Waals surface area contributed by atoms with Crippen LogP contribution in [0.15, 0.2) is 61.2 Å². The van der Waals surface area contributed by atoms with Gasteiger partial charge in [0.05, 0.1) is 18.8 Å². The molecule has 0 aliphatic carbocycles. The molecule has 0 saturated carbocycles. The van der Waals surface area contributed by atoms with Crippen molar-refractivity contribution in [2.75, 3.05) is 25.5 Å². The molecule has 0 spiro atoms. The molecule has 0 aromatic heterocycles. The van der Waals surface area contributed by atoms with Gasteiger partial charge in [0.25, 0.3) is 9.70 Å². The van der Waals surface area contributed by atoms with Crippen LogP contribution in [-0.4, -0.2) is 45.9 Å². The molecule has 9 heteroatoms. The Morgan fingerprint density at radius 3 is 2.36 bits per heavy atom. The Morgan fingerprint density at radius 2 is 1.79 bits per heavy atom. The van der Waals surface area contributed by atoms with Gasteiger partial charge in [0.15, 0.2) is 6.29 Å². The number of alkyl halides is 3. The van der Waals surface area contributed by atoms with Gasteiger partial charge in [0.1, 0.15) is 0 Å². The van der Waals surface area contributed by atoms with Gasteiger partial charge in [-0.2, -0.15) is 0 Å². The quantitative estimate of drug-likeness (QED) is 0.377. The SMILES string of the molecule is C=CCN(C)CC1CC(c2ccc(CO)cc2)OC(c2ccc(NC(=O)C(Cl)(Cl)Cl)cc2)O1. The van der Waals surface area contributed by atoms with Crippen molar-refractivity contribution in [1.29, 1.82) is 0 Å². The molecular weight excluding hydrogens is 487 g/mol. The van der Waals surface area contributed by atoms with Crippen LogP contribution < -0.4 is 5.32 Å². The molecule has 2 aromatic carbocycles. The van der Waals surface area contributed by atoms with Crippen molar-refractivity contribution < 1.29 is 19.4 Å². The maximum absolute atomic E-state index is 11.9. The molecule has 1 heterocycles. The zero-order valence-corrected chi connectivity index (χ0v) is 20.5. The molecule has 2 N–H and O–H groups in total. The molecule has 33 heavy (non-hydrogen) atoms. The lowest BCUT2D eigenvalue weighted by Gasteiger charge is -2.37. The first-order valence-electron chi connectivity index (χ1n) is 10.5. The van der Waals surface area contributed by atoms with Crippen molar-refractivity contribution in [3.63, 3.8) is 0 Å². The van der Waals surface area contributed by atoms with Crippen molar-refractivity contribution in [1.82, 2.24) is 4.90 Å². The first-order valence-corrected chi connectivity index (χ1v) is 11.6. The molecule has 178 valence electrons. The van der Waals surface area contributed by atoms with E-state index in [-0.39, 0.29) is 18.8 Å². The number of hydrogen-bond acceptors (Lipinski definition) is 5. The first kappa shape index (κ1) is 26.0. The Kier molecular flexibility index (Phi) is 9.18. The molecule has 1 saturated heterocycles. The molecule has 3 atom stereocenters. The van der Waals surface area contributed by atoms with Crippen molar-refractivity contribution in [2.45, 2.75) is 35.3 Å². The maximum atomic E-state index is 11.9. The van der Waals surface area contributed by atoms with Crippen LogP contribution in [0.3, 0.4) is 0 Å². The molecule has 0 radical (unpaired) electrons. The lowest BCUT2D eigenvalue weighted by Crippen LogP contribution is -2.37. The van der Waals surface area contributed by atoms with E-state index in [1.807, 2.05) is 37.4 Å². The number of carbonyl (C=O) groups excluding carboxylic acids is 1. The number of carbonyl (C=O) groups is 1. The summed E-state index contributed by atoms with van der Waals surface area (Å²) in [5.74, 6) is -0.734. The minimum Gasteiger partial charge on any atom is -0.392 e. The highest BCUT2D eigenvalue weighted by Gasteiger charge is 2.33. The zero-order chi connectivity index (χ0) is 24.0. The average Bonchev–Trinajstić information content (AvgIpc) is 2.79. The highest BCUT2D eigenvalue weighted by molar-refractivity contribution is 6.76. The smallest absolute Gasteiger partial charge is 0.276 e. The van der Waals surface area contributed by atoms with Crippen LogP contribution in [-0.2, 0) is 20.9 Å². The first-order chi connectivity index (χ1) is 15.7. The number of aliphatic hydroxyl groups is 1. The summed E-state index contributed by atoms with van der Waals surface area (Å²) in [5.41, 5.74) is 3.15. The number of amides is 1. The normalized spacial score (nSPS) is 21.1. The van der Waals surface area contributed by atoms with Gasteiger partial charge in [-0.05, 0) is 30.3 Å². The maximum Gasteiger partial charge on any atom is 0.276 e. The van der Waals surface area contributed by atoms with E-state index in [1.54, 1.807) is 24.3 Å². The van der Waals surface area contributed by atoms with E-state index in [0.29, 0.717) is 18.7 Å². The fourth-order valence-electron chi connectivity index (χ4n) is 3.60. The van der Waals surface area contributed by atoms with E-state index in [1.165, 1.54) is 0 Å². The van der Waals surface area contributed by atoms with Crippen molar-refractivity contribution in [3.05, 3.63) is 77.9 Å². The molecular formula is C24H27Cl3N2O4.